The van der Waals surface area contributed by atoms with E-state index in [1.54, 1.807) is 0 Å². The van der Waals surface area contributed by atoms with Crippen LogP contribution in [0.4, 0.5) is 0 Å². The zero-order valence-corrected chi connectivity index (χ0v) is 5.52. The van der Waals surface area contributed by atoms with E-state index in [-0.39, 0.29) is 0 Å². The van der Waals surface area contributed by atoms with Gasteiger partial charge < -0.3 is 4.90 Å². The van der Waals surface area contributed by atoms with Crippen molar-refractivity contribution >= 4 is 5.78 Å². The summed E-state index contributed by atoms with van der Waals surface area (Å²) in [5.41, 5.74) is 0. The van der Waals surface area contributed by atoms with E-state index in [4.69, 9.17) is 0 Å². The Morgan fingerprint density at radius 1 is 1.56 bits per heavy atom. The molecular formula is C7H12NO+. The minimum Gasteiger partial charge on any atom is -0.329 e. The lowest BCUT2D eigenvalue weighted by Gasteiger charge is -2.16. The van der Waals surface area contributed by atoms with Crippen molar-refractivity contribution < 1.29 is 9.69 Å². The van der Waals surface area contributed by atoms with Gasteiger partial charge in [0.25, 0.3) is 0 Å². The van der Waals surface area contributed by atoms with Gasteiger partial charge in [-0.1, -0.05) is 0 Å². The highest BCUT2D eigenvalue weighted by molar-refractivity contribution is 5.80. The van der Waals surface area contributed by atoms with E-state index in [1.807, 2.05) is 0 Å². The number of rotatable bonds is 0. The maximum Gasteiger partial charge on any atom is 0.187 e. The smallest absolute Gasteiger partial charge is 0.187 e. The quantitative estimate of drug-likeness (QED) is 0.435. The number of quaternary nitrogens is 1. The maximum atomic E-state index is 10.9. The largest absolute Gasteiger partial charge is 0.329 e. The molecule has 50 valence electrons. The van der Waals surface area contributed by atoms with Crippen LogP contribution < -0.4 is 4.90 Å². The molecule has 2 nitrogen and oxygen atoms in total. The Labute approximate surface area is 54.8 Å². The van der Waals surface area contributed by atoms with E-state index in [9.17, 15) is 4.79 Å². The van der Waals surface area contributed by atoms with Gasteiger partial charge in [0, 0.05) is 18.8 Å². The van der Waals surface area contributed by atoms with Gasteiger partial charge in [-0.3, -0.25) is 4.79 Å². The highest BCUT2D eigenvalue weighted by Gasteiger charge is 2.34. The molecule has 2 bridgehead atoms. The van der Waals surface area contributed by atoms with Gasteiger partial charge >= 0.3 is 0 Å². The first-order chi connectivity index (χ1) is 4.34. The third-order valence-electron chi connectivity index (χ3n) is 2.45. The van der Waals surface area contributed by atoms with Crippen LogP contribution >= 0.6 is 0 Å². The third kappa shape index (κ3) is 0.874. The molecule has 0 amide bonds. The molecule has 2 aliphatic heterocycles. The summed E-state index contributed by atoms with van der Waals surface area (Å²) in [6.45, 7) is 3.33. The van der Waals surface area contributed by atoms with Crippen molar-refractivity contribution in [1.29, 1.82) is 0 Å². The van der Waals surface area contributed by atoms with Crippen molar-refractivity contribution in [3.8, 4) is 0 Å². The van der Waals surface area contributed by atoms with Crippen molar-refractivity contribution in [3.05, 3.63) is 0 Å². The van der Waals surface area contributed by atoms with Gasteiger partial charge in [-0.05, 0) is 0 Å². The Bertz CT molecular complexity index is 130. The SMILES string of the molecule is O=C1CC2CC[NH+](C1)C2. The van der Waals surface area contributed by atoms with E-state index in [0.29, 0.717) is 5.78 Å². The average Bonchev–Trinajstić information content (AvgIpc) is 2.11. The molecule has 2 heterocycles. The second-order valence-electron chi connectivity index (χ2n) is 3.28. The first-order valence-electron chi connectivity index (χ1n) is 3.70. The van der Waals surface area contributed by atoms with Gasteiger partial charge in [-0.2, -0.15) is 0 Å². The van der Waals surface area contributed by atoms with Crippen LogP contribution in [-0.4, -0.2) is 25.4 Å². The molecule has 0 spiro atoms. The van der Waals surface area contributed by atoms with Crippen LogP contribution in [0.15, 0.2) is 0 Å². The Kier molecular flexibility index (Phi) is 1.09. The minimum atomic E-state index is 0.485. The monoisotopic (exact) mass is 126 g/mol. The van der Waals surface area contributed by atoms with Crippen molar-refractivity contribution in [3.63, 3.8) is 0 Å². The summed E-state index contributed by atoms with van der Waals surface area (Å²) < 4.78 is 0. The minimum absolute atomic E-state index is 0.485. The fourth-order valence-electron chi connectivity index (χ4n) is 2.03. The predicted octanol–water partition coefficient (Wildman–Crippen LogP) is -1.14. The molecule has 2 aliphatic rings. The molecule has 0 aromatic rings. The van der Waals surface area contributed by atoms with Gasteiger partial charge in [0.05, 0.1) is 13.1 Å². The topological polar surface area (TPSA) is 21.5 Å². The molecule has 2 rings (SSSR count). The van der Waals surface area contributed by atoms with Crippen LogP contribution in [0, 0.1) is 5.92 Å². The van der Waals surface area contributed by atoms with Crippen molar-refractivity contribution in [2.24, 2.45) is 5.92 Å². The van der Waals surface area contributed by atoms with E-state index in [2.05, 4.69) is 0 Å². The zero-order chi connectivity index (χ0) is 6.27. The van der Waals surface area contributed by atoms with Gasteiger partial charge in [0.2, 0.25) is 0 Å². The lowest BCUT2D eigenvalue weighted by molar-refractivity contribution is -0.882. The molecule has 2 atom stereocenters. The fraction of sp³-hybridized carbons (Fsp3) is 0.857. The van der Waals surface area contributed by atoms with E-state index in [0.717, 1.165) is 18.9 Å². The second kappa shape index (κ2) is 1.81. The van der Waals surface area contributed by atoms with Crippen LogP contribution in [0.3, 0.4) is 0 Å². The van der Waals surface area contributed by atoms with Crippen LogP contribution in [0.5, 0.6) is 0 Å². The molecule has 0 aromatic heterocycles. The summed E-state index contributed by atoms with van der Waals surface area (Å²) in [6.07, 6.45) is 2.17. The number of fused-ring (bicyclic) bond motifs is 2. The highest BCUT2D eigenvalue weighted by Crippen LogP contribution is 2.12. The average molecular weight is 126 g/mol. The number of hydrogen-bond acceptors (Lipinski definition) is 1. The molecule has 2 fully saturated rings. The molecule has 1 N–H and O–H groups in total. The number of carbonyl (C=O) groups is 1. The molecule has 0 aliphatic carbocycles. The molecule has 0 saturated carbocycles. The van der Waals surface area contributed by atoms with Crippen LogP contribution in [-0.2, 0) is 4.79 Å². The van der Waals surface area contributed by atoms with Gasteiger partial charge in [0.1, 0.15) is 6.54 Å². The zero-order valence-electron chi connectivity index (χ0n) is 5.52. The molecule has 2 heteroatoms. The fourth-order valence-corrected chi connectivity index (χ4v) is 2.03. The Hall–Kier alpha value is -0.370. The number of Topliss-reactive ketones (excluding diaryl/α,β-unsaturated/α-hetero) is 1. The summed E-state index contributed by atoms with van der Waals surface area (Å²) in [5, 5.41) is 0. The lowest BCUT2D eigenvalue weighted by Crippen LogP contribution is -3.12. The summed E-state index contributed by atoms with van der Waals surface area (Å²) in [4.78, 5) is 12.4. The number of hydrogen-bond donors (Lipinski definition) is 1. The number of piperidine rings is 1. The number of nitrogens with one attached hydrogen (secondary N) is 1. The molecule has 0 aromatic carbocycles. The second-order valence-corrected chi connectivity index (χ2v) is 3.28. The Morgan fingerprint density at radius 3 is 3.22 bits per heavy atom. The normalized spacial score (nSPS) is 41.6. The predicted molar refractivity (Wildman–Crippen MR) is 33.3 cm³/mol. The Balaban J connectivity index is 2.11. The van der Waals surface area contributed by atoms with E-state index >= 15 is 0 Å². The van der Waals surface area contributed by atoms with E-state index < -0.39 is 0 Å². The van der Waals surface area contributed by atoms with Crippen LogP contribution in [0.25, 0.3) is 0 Å². The Morgan fingerprint density at radius 2 is 2.44 bits per heavy atom. The number of carbonyl (C=O) groups excluding carboxylic acids is 1. The first kappa shape index (κ1) is 5.42. The van der Waals surface area contributed by atoms with Crippen molar-refractivity contribution in [2.45, 2.75) is 12.8 Å². The lowest BCUT2D eigenvalue weighted by atomic mass is 10.0. The molecule has 0 radical (unpaired) electrons. The van der Waals surface area contributed by atoms with E-state index in [1.165, 1.54) is 24.4 Å². The highest BCUT2D eigenvalue weighted by atomic mass is 16.1. The summed E-state index contributed by atoms with van der Waals surface area (Å²) in [5.74, 6) is 1.24. The van der Waals surface area contributed by atoms with Crippen molar-refractivity contribution in [1.82, 2.24) is 0 Å². The maximum absolute atomic E-state index is 10.9. The molecule has 2 saturated heterocycles. The molecule has 9 heavy (non-hydrogen) atoms. The standard InChI is InChI=1S/C7H11NO/c9-7-3-6-1-2-8(4-6)5-7/h6H,1-5H2/p+1. The number of ketones is 1. The molecular weight excluding hydrogens is 114 g/mol. The molecule has 2 unspecified atom stereocenters. The summed E-state index contributed by atoms with van der Waals surface area (Å²) >= 11 is 0. The van der Waals surface area contributed by atoms with Gasteiger partial charge in [-0.15, -0.1) is 0 Å². The third-order valence-corrected chi connectivity index (χ3v) is 2.45. The van der Waals surface area contributed by atoms with Crippen LogP contribution in [0.1, 0.15) is 12.8 Å². The van der Waals surface area contributed by atoms with Crippen molar-refractivity contribution in [2.75, 3.05) is 19.6 Å². The van der Waals surface area contributed by atoms with Gasteiger partial charge in [-0.25, -0.2) is 0 Å². The van der Waals surface area contributed by atoms with Gasteiger partial charge in [0.15, 0.2) is 5.78 Å². The summed E-state index contributed by atoms with van der Waals surface area (Å²) in [7, 11) is 0. The first-order valence-corrected chi connectivity index (χ1v) is 3.70. The summed E-state index contributed by atoms with van der Waals surface area (Å²) in [6, 6.07) is 0. The van der Waals surface area contributed by atoms with Crippen LogP contribution in [0.2, 0.25) is 0 Å².